The van der Waals surface area contributed by atoms with Gasteiger partial charge in [0, 0.05) is 13.0 Å². The van der Waals surface area contributed by atoms with E-state index in [2.05, 4.69) is 0 Å². The van der Waals surface area contributed by atoms with Gasteiger partial charge >= 0.3 is 5.97 Å². The molecule has 0 unspecified atom stereocenters. The van der Waals surface area contributed by atoms with Crippen LogP contribution in [0, 0.1) is 10.8 Å². The summed E-state index contributed by atoms with van der Waals surface area (Å²) >= 11 is 0. The second kappa shape index (κ2) is 4.62. The highest BCUT2D eigenvalue weighted by atomic mass is 16.4. The number of imide groups is 1. The van der Waals surface area contributed by atoms with Crippen LogP contribution in [0.25, 0.3) is 0 Å². The van der Waals surface area contributed by atoms with Gasteiger partial charge in [0.1, 0.15) is 0 Å². The molecule has 2 fully saturated rings. The van der Waals surface area contributed by atoms with Crippen molar-refractivity contribution >= 4 is 17.8 Å². The monoisotopic (exact) mass is 267 g/mol. The maximum atomic E-state index is 12.5. The van der Waals surface area contributed by atoms with E-state index >= 15 is 0 Å². The molecule has 0 spiro atoms. The zero-order chi connectivity index (χ0) is 14.3. The van der Waals surface area contributed by atoms with Crippen LogP contribution in [-0.4, -0.2) is 34.3 Å². The molecule has 1 N–H and O–H groups in total. The molecule has 2 aliphatic rings. The van der Waals surface area contributed by atoms with E-state index in [1.54, 1.807) is 0 Å². The van der Waals surface area contributed by atoms with Crippen molar-refractivity contribution in [3.63, 3.8) is 0 Å². The van der Waals surface area contributed by atoms with Crippen molar-refractivity contribution in [2.75, 3.05) is 6.54 Å². The molecule has 1 saturated carbocycles. The molecule has 5 heteroatoms. The van der Waals surface area contributed by atoms with Crippen LogP contribution in [0.1, 0.15) is 52.4 Å². The van der Waals surface area contributed by atoms with Gasteiger partial charge in [0.25, 0.3) is 0 Å². The number of carbonyl (C=O) groups excluding carboxylic acids is 2. The lowest BCUT2D eigenvalue weighted by atomic mass is 9.68. The Bertz CT molecular complexity index is 421. The first-order valence-electron chi connectivity index (χ1n) is 6.99. The van der Waals surface area contributed by atoms with Crippen molar-refractivity contribution in [1.29, 1.82) is 0 Å². The van der Waals surface area contributed by atoms with Crippen molar-refractivity contribution in [2.45, 2.75) is 52.4 Å². The predicted octanol–water partition coefficient (Wildman–Crippen LogP) is 1.81. The van der Waals surface area contributed by atoms with Gasteiger partial charge in [-0.15, -0.1) is 0 Å². The fourth-order valence-electron chi connectivity index (χ4n) is 3.17. The van der Waals surface area contributed by atoms with Gasteiger partial charge < -0.3 is 5.11 Å². The lowest BCUT2D eigenvalue weighted by Gasteiger charge is -2.40. The van der Waals surface area contributed by atoms with Gasteiger partial charge in [-0.2, -0.15) is 0 Å². The Balaban J connectivity index is 2.20. The smallest absolute Gasteiger partial charge is 0.311 e. The molecule has 0 aromatic carbocycles. The van der Waals surface area contributed by atoms with E-state index in [0.717, 1.165) is 6.42 Å². The quantitative estimate of drug-likeness (QED) is 0.771. The summed E-state index contributed by atoms with van der Waals surface area (Å²) in [5.74, 6) is -1.26. The molecule has 0 atom stereocenters. The summed E-state index contributed by atoms with van der Waals surface area (Å²) in [7, 11) is 0. The number of hydrogen-bond acceptors (Lipinski definition) is 3. The summed E-state index contributed by atoms with van der Waals surface area (Å²) in [6.07, 6.45) is 3.47. The first-order valence-corrected chi connectivity index (χ1v) is 6.99. The van der Waals surface area contributed by atoms with E-state index in [4.69, 9.17) is 0 Å². The Kier molecular flexibility index (Phi) is 3.41. The van der Waals surface area contributed by atoms with Crippen molar-refractivity contribution in [1.82, 2.24) is 4.90 Å². The number of rotatable bonds is 5. The third-order valence-electron chi connectivity index (χ3n) is 5.07. The Morgan fingerprint density at radius 2 is 1.84 bits per heavy atom. The highest BCUT2D eigenvalue weighted by Crippen LogP contribution is 2.45. The summed E-state index contributed by atoms with van der Waals surface area (Å²) in [5.41, 5.74) is -1.48. The number of likely N-dealkylation sites (tertiary alicyclic amines) is 1. The third-order valence-corrected chi connectivity index (χ3v) is 5.07. The van der Waals surface area contributed by atoms with E-state index in [1.807, 2.05) is 13.8 Å². The molecule has 2 rings (SSSR count). The fourth-order valence-corrected chi connectivity index (χ4v) is 3.17. The van der Waals surface area contributed by atoms with Crippen molar-refractivity contribution in [2.24, 2.45) is 10.8 Å². The van der Waals surface area contributed by atoms with Crippen LogP contribution in [0.15, 0.2) is 0 Å². The molecule has 5 nitrogen and oxygen atoms in total. The number of nitrogens with zero attached hydrogens (tertiary/aromatic N) is 1. The number of carboxylic acid groups (broad SMARTS) is 1. The lowest BCUT2D eigenvalue weighted by molar-refractivity contribution is -0.159. The van der Waals surface area contributed by atoms with Crippen LogP contribution in [-0.2, 0) is 14.4 Å². The van der Waals surface area contributed by atoms with Crippen LogP contribution in [0.5, 0.6) is 0 Å². The molecule has 106 valence electrons. The van der Waals surface area contributed by atoms with Gasteiger partial charge in [-0.1, -0.05) is 20.3 Å². The molecule has 0 aromatic heterocycles. The average Bonchev–Trinajstić information content (AvgIpc) is 2.56. The van der Waals surface area contributed by atoms with Gasteiger partial charge in [-0.05, 0) is 25.7 Å². The molecule has 1 aliphatic heterocycles. The molecule has 1 aliphatic carbocycles. The topological polar surface area (TPSA) is 74.7 Å². The van der Waals surface area contributed by atoms with E-state index in [0.29, 0.717) is 25.7 Å². The summed E-state index contributed by atoms with van der Waals surface area (Å²) in [6.45, 7) is 3.88. The molecule has 1 heterocycles. The Hall–Kier alpha value is -1.39. The van der Waals surface area contributed by atoms with Crippen LogP contribution in [0.4, 0.5) is 0 Å². The van der Waals surface area contributed by atoms with Crippen molar-refractivity contribution in [3.8, 4) is 0 Å². The molecular weight excluding hydrogens is 246 g/mol. The van der Waals surface area contributed by atoms with Gasteiger partial charge in [0.05, 0.1) is 10.8 Å². The van der Waals surface area contributed by atoms with E-state index < -0.39 is 16.8 Å². The number of carbonyl (C=O) groups is 3. The summed E-state index contributed by atoms with van der Waals surface area (Å²) < 4.78 is 0. The Labute approximate surface area is 113 Å². The summed E-state index contributed by atoms with van der Waals surface area (Å²) in [6, 6.07) is 0. The van der Waals surface area contributed by atoms with Gasteiger partial charge in [0.2, 0.25) is 11.8 Å². The minimum Gasteiger partial charge on any atom is -0.481 e. The normalized spacial score (nSPS) is 24.4. The maximum Gasteiger partial charge on any atom is 0.311 e. The number of hydrogen-bond donors (Lipinski definition) is 1. The molecule has 1 saturated heterocycles. The zero-order valence-corrected chi connectivity index (χ0v) is 11.6. The largest absolute Gasteiger partial charge is 0.481 e. The van der Waals surface area contributed by atoms with Crippen LogP contribution in [0.2, 0.25) is 0 Å². The third kappa shape index (κ3) is 1.95. The highest BCUT2D eigenvalue weighted by Gasteiger charge is 2.54. The van der Waals surface area contributed by atoms with Crippen molar-refractivity contribution < 1.29 is 19.5 Å². The first-order chi connectivity index (χ1) is 8.91. The summed E-state index contributed by atoms with van der Waals surface area (Å²) in [5, 5.41) is 9.31. The Morgan fingerprint density at radius 3 is 2.16 bits per heavy atom. The van der Waals surface area contributed by atoms with E-state index in [-0.39, 0.29) is 24.8 Å². The lowest BCUT2D eigenvalue weighted by Crippen LogP contribution is -2.50. The SMILES string of the molecule is CCC1(CC)CC(=O)N(CC2(C(=O)O)CCC2)C1=O. The maximum absolute atomic E-state index is 12.5. The molecule has 19 heavy (non-hydrogen) atoms. The van der Waals surface area contributed by atoms with Gasteiger partial charge in [-0.25, -0.2) is 0 Å². The molecule has 0 bridgehead atoms. The molecule has 0 aromatic rings. The second-order valence-electron chi connectivity index (χ2n) is 5.89. The molecular formula is C14H21NO4. The van der Waals surface area contributed by atoms with Crippen LogP contribution < -0.4 is 0 Å². The van der Waals surface area contributed by atoms with Crippen LogP contribution in [0.3, 0.4) is 0 Å². The van der Waals surface area contributed by atoms with Crippen molar-refractivity contribution in [3.05, 3.63) is 0 Å². The van der Waals surface area contributed by atoms with E-state index in [9.17, 15) is 19.5 Å². The van der Waals surface area contributed by atoms with Crippen LogP contribution >= 0.6 is 0 Å². The standard InChI is InChI=1S/C14H21NO4/c1-3-13(4-2)8-10(16)15(11(13)17)9-14(12(18)19)6-5-7-14/h3-9H2,1-2H3,(H,18,19). The predicted molar refractivity (Wildman–Crippen MR) is 68.3 cm³/mol. The van der Waals surface area contributed by atoms with Gasteiger partial charge in [-0.3, -0.25) is 19.3 Å². The fraction of sp³-hybridized carbons (Fsp3) is 0.786. The Morgan fingerprint density at radius 1 is 1.26 bits per heavy atom. The average molecular weight is 267 g/mol. The summed E-state index contributed by atoms with van der Waals surface area (Å²) in [4.78, 5) is 37.1. The number of carboxylic acids is 1. The minimum atomic E-state index is -0.886. The number of amides is 2. The highest BCUT2D eigenvalue weighted by molar-refractivity contribution is 6.06. The first kappa shape index (κ1) is 14.0. The molecule has 2 amide bonds. The minimum absolute atomic E-state index is 0.0573. The zero-order valence-electron chi connectivity index (χ0n) is 11.6. The van der Waals surface area contributed by atoms with Gasteiger partial charge in [0.15, 0.2) is 0 Å². The van der Waals surface area contributed by atoms with E-state index in [1.165, 1.54) is 4.90 Å². The molecule has 0 radical (unpaired) electrons. The second-order valence-corrected chi connectivity index (χ2v) is 5.89. The number of aliphatic carboxylic acids is 1.